The van der Waals surface area contributed by atoms with Crippen molar-refractivity contribution in [1.29, 1.82) is 0 Å². The Bertz CT molecular complexity index is 348. The van der Waals surface area contributed by atoms with Crippen molar-refractivity contribution in [2.75, 3.05) is 6.61 Å². The maximum atomic E-state index is 11.4. The summed E-state index contributed by atoms with van der Waals surface area (Å²) in [6, 6.07) is 8.14. The van der Waals surface area contributed by atoms with Gasteiger partial charge in [0.05, 0.1) is 11.5 Å². The van der Waals surface area contributed by atoms with E-state index in [9.17, 15) is 8.42 Å². The van der Waals surface area contributed by atoms with Crippen LogP contribution in [0, 0.1) is 0 Å². The van der Waals surface area contributed by atoms with Crippen LogP contribution in [-0.2, 0) is 14.3 Å². The molecule has 0 heterocycles. The van der Waals surface area contributed by atoms with Gasteiger partial charge in [-0.2, -0.15) is 8.42 Å². The van der Waals surface area contributed by atoms with Crippen molar-refractivity contribution >= 4 is 61.5 Å². The molecular formula is C9H13KO3S. The molecule has 0 aliphatic rings. The van der Waals surface area contributed by atoms with Gasteiger partial charge in [0.15, 0.2) is 0 Å². The van der Waals surface area contributed by atoms with E-state index in [1.54, 1.807) is 18.2 Å². The second-order valence-electron chi connectivity index (χ2n) is 2.59. The Kier molecular flexibility index (Phi) is 7.50. The van der Waals surface area contributed by atoms with Crippen LogP contribution in [0.25, 0.3) is 0 Å². The molecule has 74 valence electrons. The molecule has 0 bridgehead atoms. The Morgan fingerprint density at radius 2 is 1.79 bits per heavy atom. The van der Waals surface area contributed by atoms with Crippen LogP contribution >= 0.6 is 0 Å². The van der Waals surface area contributed by atoms with Gasteiger partial charge in [-0.25, -0.2) is 0 Å². The third-order valence-corrected chi connectivity index (χ3v) is 2.80. The van der Waals surface area contributed by atoms with Crippen molar-refractivity contribution in [3.05, 3.63) is 30.3 Å². The van der Waals surface area contributed by atoms with Gasteiger partial charge >= 0.3 is 51.4 Å². The van der Waals surface area contributed by atoms with Crippen molar-refractivity contribution in [3.8, 4) is 0 Å². The summed E-state index contributed by atoms with van der Waals surface area (Å²) in [7, 11) is -3.52. The Labute approximate surface area is 127 Å². The van der Waals surface area contributed by atoms with Crippen LogP contribution in [0.1, 0.15) is 13.3 Å². The first-order valence-electron chi connectivity index (χ1n) is 4.11. The molecular weight excluding hydrogens is 227 g/mol. The van der Waals surface area contributed by atoms with E-state index in [4.69, 9.17) is 4.18 Å². The SMILES string of the molecule is CCCOS(=O)(=O)c1ccccc1.[KH]. The molecule has 0 N–H and O–H groups in total. The monoisotopic (exact) mass is 240 g/mol. The molecule has 0 unspecified atom stereocenters. The summed E-state index contributed by atoms with van der Waals surface area (Å²) in [6.45, 7) is 2.09. The summed E-state index contributed by atoms with van der Waals surface area (Å²) >= 11 is 0. The molecule has 1 rings (SSSR count). The van der Waals surface area contributed by atoms with Gasteiger partial charge in [-0.1, -0.05) is 25.1 Å². The third kappa shape index (κ3) is 4.52. The van der Waals surface area contributed by atoms with Gasteiger partial charge < -0.3 is 0 Å². The van der Waals surface area contributed by atoms with E-state index in [0.717, 1.165) is 0 Å². The zero-order chi connectivity index (χ0) is 9.73. The summed E-state index contributed by atoms with van der Waals surface area (Å²) in [4.78, 5) is 0.212. The summed E-state index contributed by atoms with van der Waals surface area (Å²) < 4.78 is 27.5. The van der Waals surface area contributed by atoms with Crippen LogP contribution < -0.4 is 0 Å². The van der Waals surface area contributed by atoms with Crippen molar-refractivity contribution in [2.45, 2.75) is 18.2 Å². The van der Waals surface area contributed by atoms with Crippen molar-refractivity contribution < 1.29 is 12.6 Å². The van der Waals surface area contributed by atoms with E-state index in [-0.39, 0.29) is 62.9 Å². The molecule has 5 heteroatoms. The molecule has 3 nitrogen and oxygen atoms in total. The maximum absolute atomic E-state index is 11.4. The second-order valence-corrected chi connectivity index (χ2v) is 4.20. The summed E-state index contributed by atoms with van der Waals surface area (Å²) in [6.07, 6.45) is 0.687. The predicted octanol–water partition coefficient (Wildman–Crippen LogP) is 1.15. The Hall–Kier alpha value is 0.766. The van der Waals surface area contributed by atoms with E-state index < -0.39 is 10.1 Å². The first-order valence-corrected chi connectivity index (χ1v) is 5.52. The van der Waals surface area contributed by atoms with E-state index in [1.807, 2.05) is 6.92 Å². The average molecular weight is 240 g/mol. The summed E-state index contributed by atoms with van der Waals surface area (Å²) in [5.41, 5.74) is 0. The van der Waals surface area contributed by atoms with Crippen LogP contribution in [0.3, 0.4) is 0 Å². The Morgan fingerprint density at radius 3 is 2.29 bits per heavy atom. The van der Waals surface area contributed by atoms with Gasteiger partial charge in [0.1, 0.15) is 0 Å². The fourth-order valence-corrected chi connectivity index (χ4v) is 1.86. The number of benzene rings is 1. The first kappa shape index (κ1) is 14.8. The minimum atomic E-state index is -3.52. The molecule has 1 aromatic carbocycles. The van der Waals surface area contributed by atoms with Gasteiger partial charge in [0, 0.05) is 0 Å². The number of hydrogen-bond acceptors (Lipinski definition) is 3. The van der Waals surface area contributed by atoms with Gasteiger partial charge in [0.2, 0.25) is 0 Å². The summed E-state index contributed by atoms with van der Waals surface area (Å²) in [5.74, 6) is 0. The van der Waals surface area contributed by atoms with E-state index in [2.05, 4.69) is 0 Å². The zero-order valence-corrected chi connectivity index (χ0v) is 8.25. The Morgan fingerprint density at radius 1 is 1.21 bits per heavy atom. The van der Waals surface area contributed by atoms with Crippen LogP contribution in [0.4, 0.5) is 0 Å². The van der Waals surface area contributed by atoms with Crippen molar-refractivity contribution in [3.63, 3.8) is 0 Å². The molecule has 0 aliphatic carbocycles. The fraction of sp³-hybridized carbons (Fsp3) is 0.333. The Balaban J connectivity index is 0.00000169. The van der Waals surface area contributed by atoms with Crippen LogP contribution in [0.5, 0.6) is 0 Å². The average Bonchev–Trinajstić information content (AvgIpc) is 2.16. The number of hydrogen-bond donors (Lipinski definition) is 0. The van der Waals surface area contributed by atoms with Crippen molar-refractivity contribution in [1.82, 2.24) is 0 Å². The molecule has 0 spiro atoms. The fourth-order valence-electron chi connectivity index (χ4n) is 0.848. The van der Waals surface area contributed by atoms with E-state index in [0.29, 0.717) is 6.42 Å². The van der Waals surface area contributed by atoms with Gasteiger partial charge in [-0.15, -0.1) is 0 Å². The van der Waals surface area contributed by atoms with Crippen LogP contribution in [-0.4, -0.2) is 66.4 Å². The van der Waals surface area contributed by atoms with Crippen LogP contribution in [0.15, 0.2) is 35.2 Å². The predicted molar refractivity (Wildman–Crippen MR) is 57.0 cm³/mol. The standard InChI is InChI=1S/C9H12O3S.K.H/c1-2-8-12-13(10,11)9-6-4-3-5-7-9;;/h3-7H,2,8H2,1H3;;. The van der Waals surface area contributed by atoms with E-state index >= 15 is 0 Å². The molecule has 0 saturated carbocycles. The zero-order valence-electron chi connectivity index (χ0n) is 7.43. The molecule has 0 radical (unpaired) electrons. The van der Waals surface area contributed by atoms with Gasteiger partial charge in [-0.05, 0) is 18.6 Å². The molecule has 0 amide bonds. The first-order chi connectivity index (χ1) is 6.17. The molecule has 0 aliphatic heterocycles. The number of rotatable bonds is 4. The van der Waals surface area contributed by atoms with Crippen LogP contribution in [0.2, 0.25) is 0 Å². The van der Waals surface area contributed by atoms with Gasteiger partial charge in [-0.3, -0.25) is 4.18 Å². The third-order valence-electron chi connectivity index (χ3n) is 1.47. The van der Waals surface area contributed by atoms with Gasteiger partial charge in [0.25, 0.3) is 10.1 Å². The summed E-state index contributed by atoms with van der Waals surface area (Å²) in [5, 5.41) is 0. The molecule has 0 saturated heterocycles. The molecule has 0 aromatic heterocycles. The van der Waals surface area contributed by atoms with Crippen molar-refractivity contribution in [2.24, 2.45) is 0 Å². The topological polar surface area (TPSA) is 43.4 Å². The molecule has 0 fully saturated rings. The second kappa shape index (κ2) is 7.11. The molecule has 14 heavy (non-hydrogen) atoms. The van der Waals surface area contributed by atoms with E-state index in [1.165, 1.54) is 12.1 Å². The molecule has 0 atom stereocenters. The normalized spacial score (nSPS) is 10.6. The minimum absolute atomic E-state index is 0. The quantitative estimate of drug-likeness (QED) is 0.586. The molecule has 1 aromatic rings.